The fraction of sp³-hybridized carbons (Fsp3) is 0.589. The van der Waals surface area contributed by atoms with Gasteiger partial charge >= 0.3 is 25.7 Å². The van der Waals surface area contributed by atoms with Gasteiger partial charge in [0.25, 0.3) is 0 Å². The van der Waals surface area contributed by atoms with Crippen molar-refractivity contribution in [3.05, 3.63) is 122 Å². The summed E-state index contributed by atoms with van der Waals surface area (Å²) in [5, 5.41) is 9.77. The van der Waals surface area contributed by atoms with Crippen molar-refractivity contribution in [1.82, 2.24) is 0 Å². The van der Waals surface area contributed by atoms with Gasteiger partial charge in [0.1, 0.15) is 12.7 Å². The van der Waals surface area contributed by atoms with Crippen molar-refractivity contribution >= 4 is 25.7 Å². The van der Waals surface area contributed by atoms with Crippen molar-refractivity contribution in [2.45, 2.75) is 187 Å². The molecule has 0 heterocycles. The molecule has 0 radical (unpaired) electrons. The second kappa shape index (κ2) is 49.3. The third kappa shape index (κ3) is 47.0. The van der Waals surface area contributed by atoms with E-state index in [0.29, 0.717) is 19.3 Å². The Morgan fingerprint density at radius 3 is 1.26 bits per heavy atom. The van der Waals surface area contributed by atoms with E-state index in [1.165, 1.54) is 0 Å². The maximum absolute atomic E-state index is 12.8. The lowest BCUT2D eigenvalue weighted by molar-refractivity contribution is -0.161. The minimum Gasteiger partial charge on any atom is -0.461 e. The lowest BCUT2D eigenvalue weighted by atomic mass is 10.1. The van der Waals surface area contributed by atoms with Gasteiger partial charge in [0.15, 0.2) is 6.10 Å². The zero-order valence-corrected chi connectivity index (χ0v) is 42.9. The highest BCUT2D eigenvalue weighted by Gasteiger charge is 2.28. The molecule has 3 atom stereocenters. The van der Waals surface area contributed by atoms with Gasteiger partial charge in [-0.3, -0.25) is 23.4 Å². The molecule has 0 aliphatic rings. The number of phosphoric acid groups is 1. The van der Waals surface area contributed by atoms with Crippen LogP contribution in [0, 0.1) is 0 Å². The normalized spacial score (nSPS) is 14.5. The van der Waals surface area contributed by atoms with Crippen LogP contribution < -0.4 is 0 Å². The van der Waals surface area contributed by atoms with Crippen molar-refractivity contribution in [3.63, 3.8) is 0 Å². The monoisotopic (exact) mass is 969 g/mol. The van der Waals surface area contributed by atoms with E-state index in [9.17, 15) is 28.9 Å². The topological polar surface area (TPSA) is 155 Å². The summed E-state index contributed by atoms with van der Waals surface area (Å²) in [6.45, 7) is 4.14. The van der Waals surface area contributed by atoms with E-state index in [0.717, 1.165) is 116 Å². The average molecular weight is 969 g/mol. The van der Waals surface area contributed by atoms with Crippen LogP contribution in [0.4, 0.5) is 0 Å². The summed E-state index contributed by atoms with van der Waals surface area (Å²) in [4.78, 5) is 48.2. The molecule has 0 aromatic heterocycles. The van der Waals surface area contributed by atoms with E-state index in [2.05, 4.69) is 124 Å². The number of rotatable bonds is 45. The Balaban J connectivity index is 4.92. The minimum absolute atomic E-state index is 0.0194. The molecular formula is C56H89O11P. The lowest BCUT2D eigenvalue weighted by Crippen LogP contribution is -2.30. The molecule has 68 heavy (non-hydrogen) atoms. The number of carbonyl (C=O) groups is 3. The van der Waals surface area contributed by atoms with E-state index < -0.39 is 64.4 Å². The number of unbranched alkanes of at least 4 members (excludes halogenated alkanes) is 9. The number of phosphoric ester groups is 1. The first-order valence-corrected chi connectivity index (χ1v) is 26.9. The van der Waals surface area contributed by atoms with Gasteiger partial charge in [-0.15, -0.1) is 0 Å². The van der Waals surface area contributed by atoms with Crippen molar-refractivity contribution < 1.29 is 52.2 Å². The zero-order chi connectivity index (χ0) is 49.9. The molecule has 12 heteroatoms. The van der Waals surface area contributed by atoms with Crippen LogP contribution in [0.5, 0.6) is 0 Å². The second-order valence-corrected chi connectivity index (χ2v) is 17.7. The Bertz CT molecular complexity index is 1600. The average Bonchev–Trinajstić information content (AvgIpc) is 3.32. The molecule has 3 unspecified atom stereocenters. The number of hydrogen-bond donors (Lipinski definition) is 2. The van der Waals surface area contributed by atoms with E-state index >= 15 is 0 Å². The molecule has 0 spiro atoms. The van der Waals surface area contributed by atoms with Gasteiger partial charge in [-0.2, -0.15) is 0 Å². The first-order valence-electron chi connectivity index (χ1n) is 25.4. The Kier molecular flexibility index (Phi) is 46.3. The Morgan fingerprint density at radius 2 is 0.809 bits per heavy atom. The highest BCUT2D eigenvalue weighted by Crippen LogP contribution is 2.43. The fourth-order valence-electron chi connectivity index (χ4n) is 6.07. The van der Waals surface area contributed by atoms with Crippen LogP contribution in [0.15, 0.2) is 122 Å². The summed E-state index contributed by atoms with van der Waals surface area (Å²) in [5.74, 6) is -1.69. The van der Waals surface area contributed by atoms with E-state index in [-0.39, 0.29) is 19.3 Å². The van der Waals surface area contributed by atoms with E-state index in [4.69, 9.17) is 23.3 Å². The molecule has 0 amide bonds. The quantitative estimate of drug-likeness (QED) is 0.0197. The number of allylic oxidation sites excluding steroid dienone is 19. The molecule has 0 aromatic carbocycles. The van der Waals surface area contributed by atoms with Gasteiger partial charge in [-0.25, -0.2) is 4.57 Å². The second-order valence-electron chi connectivity index (χ2n) is 16.2. The van der Waals surface area contributed by atoms with Crippen LogP contribution in [-0.4, -0.2) is 66.5 Å². The largest absolute Gasteiger partial charge is 0.472 e. The Labute approximate surface area is 411 Å². The lowest BCUT2D eigenvalue weighted by Gasteiger charge is -2.21. The summed E-state index contributed by atoms with van der Waals surface area (Å²) in [6.07, 6.45) is 59.2. The standard InChI is InChI=1S/C56H89O11P/c1-4-7-10-13-16-19-22-25-26-29-30-33-36-39-42-45-54(58)63-49-53(67-56(60)47-44-41-38-35-32-28-24-21-18-15-12-9-6-3)51-65-68(61,62)64-50-52(48-57)66-55(59)46-43-40-37-34-31-27-23-20-17-14-11-8-5-2/h7,9-12,14,16,18-21,23,25-26,28,30,32-33,39,42,52-53,57H,4-6,8,13,15,17,22,24,27,29,31,34-38,40-41,43-51H2,1-3H3,(H,61,62)/b10-7-,12-9-,14-11-,19-16-,21-18-,23-20-,26-25-,32-28-,33-30-,42-39-. The molecule has 0 saturated heterocycles. The molecule has 384 valence electrons. The van der Waals surface area contributed by atoms with Crippen LogP contribution in [0.25, 0.3) is 0 Å². The van der Waals surface area contributed by atoms with Crippen LogP contribution >= 0.6 is 7.82 Å². The highest BCUT2D eigenvalue weighted by atomic mass is 31.2. The minimum atomic E-state index is -4.78. The maximum Gasteiger partial charge on any atom is 0.472 e. The van der Waals surface area contributed by atoms with Gasteiger partial charge in [0.2, 0.25) is 0 Å². The molecule has 0 aromatic rings. The van der Waals surface area contributed by atoms with Crippen LogP contribution in [0.1, 0.15) is 175 Å². The number of esters is 3. The summed E-state index contributed by atoms with van der Waals surface area (Å²) < 4.78 is 39.1. The summed E-state index contributed by atoms with van der Waals surface area (Å²) in [7, 11) is -4.78. The predicted octanol–water partition coefficient (Wildman–Crippen LogP) is 14.5. The third-order valence-corrected chi connectivity index (χ3v) is 10.8. The maximum atomic E-state index is 12.8. The smallest absolute Gasteiger partial charge is 0.461 e. The summed E-state index contributed by atoms with van der Waals surface area (Å²) >= 11 is 0. The van der Waals surface area contributed by atoms with Crippen LogP contribution in [0.3, 0.4) is 0 Å². The third-order valence-electron chi connectivity index (χ3n) is 9.86. The van der Waals surface area contributed by atoms with E-state index in [1.807, 2.05) is 12.2 Å². The van der Waals surface area contributed by atoms with Crippen molar-refractivity contribution in [3.8, 4) is 0 Å². The number of carbonyl (C=O) groups excluding carboxylic acids is 3. The van der Waals surface area contributed by atoms with E-state index in [1.54, 1.807) is 6.08 Å². The molecule has 0 rings (SSSR count). The van der Waals surface area contributed by atoms with Gasteiger partial charge in [0.05, 0.1) is 26.2 Å². The molecule has 0 bridgehead atoms. The summed E-state index contributed by atoms with van der Waals surface area (Å²) in [5.41, 5.74) is 0. The fourth-order valence-corrected chi connectivity index (χ4v) is 6.85. The van der Waals surface area contributed by atoms with Crippen LogP contribution in [-0.2, 0) is 42.2 Å². The van der Waals surface area contributed by atoms with Gasteiger partial charge in [-0.1, -0.05) is 174 Å². The molecule has 0 fully saturated rings. The SMILES string of the molecule is CC/C=C\C/C=C\C/C=C\C/C=C\C/C=C\CC(=O)OCC(COP(=O)(O)OCC(CO)OC(=O)CCCCCCC/C=C\C/C=C\CCC)OC(=O)CCCCC/C=C\C/C=C\C/C=C\CC. The zero-order valence-electron chi connectivity index (χ0n) is 42.0. The first kappa shape index (κ1) is 63.9. The van der Waals surface area contributed by atoms with Crippen LogP contribution in [0.2, 0.25) is 0 Å². The molecule has 2 N–H and O–H groups in total. The number of aliphatic hydroxyl groups is 1. The predicted molar refractivity (Wildman–Crippen MR) is 279 cm³/mol. The van der Waals surface area contributed by atoms with Gasteiger partial charge in [-0.05, 0) is 103 Å². The van der Waals surface area contributed by atoms with Crippen molar-refractivity contribution in [2.75, 3.05) is 26.4 Å². The van der Waals surface area contributed by atoms with Gasteiger partial charge in [0, 0.05) is 12.8 Å². The first-order chi connectivity index (χ1) is 33.2. The molecular weight excluding hydrogens is 880 g/mol. The van der Waals surface area contributed by atoms with Crippen molar-refractivity contribution in [1.29, 1.82) is 0 Å². The molecule has 0 aliphatic carbocycles. The molecule has 0 aliphatic heterocycles. The number of aliphatic hydroxyl groups excluding tert-OH is 1. The Hall–Kier alpha value is -4.12. The Morgan fingerprint density at radius 1 is 0.441 bits per heavy atom. The summed E-state index contributed by atoms with van der Waals surface area (Å²) in [6, 6.07) is 0. The van der Waals surface area contributed by atoms with Crippen molar-refractivity contribution in [2.24, 2.45) is 0 Å². The molecule has 0 saturated carbocycles. The highest BCUT2D eigenvalue weighted by molar-refractivity contribution is 7.47. The van der Waals surface area contributed by atoms with Gasteiger partial charge < -0.3 is 24.2 Å². The molecule has 11 nitrogen and oxygen atoms in total. The number of hydrogen-bond acceptors (Lipinski definition) is 10. The number of ether oxygens (including phenoxy) is 3.